The highest BCUT2D eigenvalue weighted by molar-refractivity contribution is 5.97. The minimum Gasteiger partial charge on any atom is -0.353 e. The van der Waals surface area contributed by atoms with Crippen LogP contribution in [-0.2, 0) is 0 Å². The van der Waals surface area contributed by atoms with Crippen LogP contribution in [0.5, 0.6) is 0 Å². The molecule has 1 aliphatic heterocycles. The number of nitrogens with two attached hydrogens (primary N) is 1. The van der Waals surface area contributed by atoms with Crippen molar-refractivity contribution in [3.63, 3.8) is 0 Å². The Morgan fingerprint density at radius 1 is 1.02 bits per heavy atom. The van der Waals surface area contributed by atoms with Crippen molar-refractivity contribution in [2.24, 2.45) is 11.7 Å². The number of pyridine rings is 2. The lowest BCUT2D eigenvalue weighted by atomic mass is 10.1. The van der Waals surface area contributed by atoms with Crippen LogP contribution in [0.4, 0.5) is 37.0 Å². The van der Waals surface area contributed by atoms with Crippen LogP contribution in [0.1, 0.15) is 23.2 Å². The summed E-state index contributed by atoms with van der Waals surface area (Å²) >= 11 is 0. The number of carbonyl (C=O) groups excluding carboxylic acids is 2. The number of alkyl halides is 3. The monoisotopic (exact) mass is 568 g/mol. The number of primary amides is 1. The van der Waals surface area contributed by atoms with E-state index in [1.54, 1.807) is 4.90 Å². The number of hydrogen-bond acceptors (Lipinski definition) is 5. The molecular weight excluding hydrogens is 546 g/mol. The Balaban J connectivity index is 1.63. The van der Waals surface area contributed by atoms with Crippen molar-refractivity contribution in [1.29, 1.82) is 0 Å². The van der Waals surface area contributed by atoms with Gasteiger partial charge in [-0.05, 0) is 30.9 Å². The molecule has 9 nitrogen and oxygen atoms in total. The number of anilines is 1. The van der Waals surface area contributed by atoms with Crippen molar-refractivity contribution in [2.45, 2.75) is 25.1 Å². The summed E-state index contributed by atoms with van der Waals surface area (Å²) in [6, 6.07) is 0.569. The lowest BCUT2D eigenvalue weighted by Gasteiger charge is -2.34. The second kappa shape index (κ2) is 10.0. The maximum atomic E-state index is 14.9. The van der Waals surface area contributed by atoms with Gasteiger partial charge in [-0.15, -0.1) is 0 Å². The molecule has 0 unspecified atom stereocenters. The van der Waals surface area contributed by atoms with Crippen LogP contribution >= 0.6 is 0 Å². The summed E-state index contributed by atoms with van der Waals surface area (Å²) in [7, 11) is 0. The van der Waals surface area contributed by atoms with E-state index in [1.807, 2.05) is 5.32 Å². The molecule has 0 spiro atoms. The molecule has 3 heterocycles. The highest BCUT2D eigenvalue weighted by Gasteiger charge is 2.50. The molecular formula is C25H22F6N6O3. The Hall–Kier alpha value is -4.30. The van der Waals surface area contributed by atoms with Gasteiger partial charge in [0.05, 0.1) is 5.39 Å². The molecule has 212 valence electrons. The molecule has 3 aromatic rings. The molecule has 1 aromatic carbocycles. The molecule has 1 atom stereocenters. The zero-order chi connectivity index (χ0) is 28.9. The van der Waals surface area contributed by atoms with E-state index >= 15 is 0 Å². The smallest absolute Gasteiger partial charge is 0.353 e. The lowest BCUT2D eigenvalue weighted by Crippen LogP contribution is -2.50. The summed E-state index contributed by atoms with van der Waals surface area (Å²) in [6.45, 7) is 1.07. The number of urea groups is 1. The molecule has 2 aromatic heterocycles. The fourth-order valence-corrected chi connectivity index (χ4v) is 4.74. The molecule has 1 saturated carbocycles. The van der Waals surface area contributed by atoms with Crippen molar-refractivity contribution in [1.82, 2.24) is 19.8 Å². The molecule has 1 aliphatic carbocycles. The number of amides is 3. The Morgan fingerprint density at radius 2 is 1.65 bits per heavy atom. The van der Waals surface area contributed by atoms with Crippen LogP contribution in [0.3, 0.4) is 0 Å². The molecule has 2 fully saturated rings. The third-order valence-electron chi connectivity index (χ3n) is 6.95. The lowest BCUT2D eigenvalue weighted by molar-refractivity contribution is -0.158. The van der Waals surface area contributed by atoms with Crippen LogP contribution in [0, 0.1) is 23.4 Å². The van der Waals surface area contributed by atoms with Crippen LogP contribution in [0.25, 0.3) is 16.7 Å². The van der Waals surface area contributed by atoms with Crippen LogP contribution < -0.4 is 21.4 Å². The third kappa shape index (κ3) is 5.14. The van der Waals surface area contributed by atoms with E-state index in [1.165, 1.54) is 17.0 Å². The zero-order valence-corrected chi connectivity index (χ0v) is 20.6. The number of nitrogens with zero attached hydrogens (tertiary/aromatic N) is 4. The van der Waals surface area contributed by atoms with Gasteiger partial charge in [0, 0.05) is 44.5 Å². The van der Waals surface area contributed by atoms with Gasteiger partial charge in [0.2, 0.25) is 5.43 Å². The van der Waals surface area contributed by atoms with Crippen molar-refractivity contribution < 1.29 is 35.9 Å². The van der Waals surface area contributed by atoms with Crippen LogP contribution in [0.15, 0.2) is 35.3 Å². The average molecular weight is 568 g/mol. The number of nitrogens with one attached hydrogen (secondary N) is 1. The number of rotatable bonds is 5. The summed E-state index contributed by atoms with van der Waals surface area (Å²) in [4.78, 5) is 45.2. The highest BCUT2D eigenvalue weighted by Crippen LogP contribution is 2.40. The minimum absolute atomic E-state index is 0.235. The minimum atomic E-state index is -4.78. The number of benzene rings is 1. The number of fused-ring (bicyclic) bond motifs is 1. The number of carbonyl (C=O) groups is 2. The SMILES string of the molecule is NC(=O)N1CCN(c2ccc3c(=O)c(C(=O)N[C@H](C4CC4)C(F)(F)F)cn(-c4c(F)cc(F)cc4F)c3n2)CC1. The fraction of sp³-hybridized carbons (Fsp3) is 0.360. The maximum absolute atomic E-state index is 14.9. The predicted octanol–water partition coefficient (Wildman–Crippen LogP) is 3.07. The van der Waals surface area contributed by atoms with Crippen molar-refractivity contribution in [2.75, 3.05) is 31.1 Å². The van der Waals surface area contributed by atoms with E-state index in [9.17, 15) is 40.7 Å². The van der Waals surface area contributed by atoms with Crippen molar-refractivity contribution in [3.05, 3.63) is 63.7 Å². The molecule has 3 N–H and O–H groups in total. The van der Waals surface area contributed by atoms with Gasteiger partial charge in [-0.3, -0.25) is 14.2 Å². The van der Waals surface area contributed by atoms with Crippen LogP contribution in [-0.4, -0.2) is 64.8 Å². The van der Waals surface area contributed by atoms with E-state index in [0.717, 1.165) is 0 Å². The third-order valence-corrected chi connectivity index (χ3v) is 6.95. The number of piperazine rings is 1. The summed E-state index contributed by atoms with van der Waals surface area (Å²) in [5.41, 5.74) is 2.26. The molecule has 0 radical (unpaired) electrons. The molecule has 2 aliphatic rings. The Labute approximate surface area is 222 Å². The topological polar surface area (TPSA) is 114 Å². The number of halogens is 6. The van der Waals surface area contributed by atoms with E-state index in [0.29, 0.717) is 22.9 Å². The summed E-state index contributed by atoms with van der Waals surface area (Å²) in [5.74, 6) is -6.02. The molecule has 1 saturated heterocycles. The summed E-state index contributed by atoms with van der Waals surface area (Å²) in [6.07, 6.45) is -3.62. The normalized spacial score (nSPS) is 16.8. The van der Waals surface area contributed by atoms with E-state index in [4.69, 9.17) is 5.73 Å². The maximum Gasteiger partial charge on any atom is 0.408 e. The van der Waals surface area contributed by atoms with E-state index < -0.39 is 64.2 Å². The summed E-state index contributed by atoms with van der Waals surface area (Å²) in [5, 5.41) is 1.52. The van der Waals surface area contributed by atoms with Gasteiger partial charge in [0.25, 0.3) is 5.91 Å². The first-order valence-corrected chi connectivity index (χ1v) is 12.2. The van der Waals surface area contributed by atoms with Gasteiger partial charge in [0.15, 0.2) is 17.3 Å². The Kier molecular flexibility index (Phi) is 6.84. The number of hydrogen-bond donors (Lipinski definition) is 2. The molecule has 15 heteroatoms. The molecule has 0 bridgehead atoms. The quantitative estimate of drug-likeness (QED) is 0.460. The molecule has 3 amide bonds. The predicted molar refractivity (Wildman–Crippen MR) is 131 cm³/mol. The van der Waals surface area contributed by atoms with Gasteiger partial charge < -0.3 is 20.9 Å². The van der Waals surface area contributed by atoms with E-state index in [2.05, 4.69) is 4.98 Å². The first-order chi connectivity index (χ1) is 18.8. The Morgan fingerprint density at radius 3 is 2.20 bits per heavy atom. The fourth-order valence-electron chi connectivity index (χ4n) is 4.74. The first-order valence-electron chi connectivity index (χ1n) is 12.2. The van der Waals surface area contributed by atoms with Crippen molar-refractivity contribution in [3.8, 4) is 5.69 Å². The van der Waals surface area contributed by atoms with Gasteiger partial charge in [-0.2, -0.15) is 13.2 Å². The Bertz CT molecular complexity index is 1540. The van der Waals surface area contributed by atoms with Gasteiger partial charge in [-0.25, -0.2) is 22.9 Å². The van der Waals surface area contributed by atoms with Crippen LogP contribution in [0.2, 0.25) is 0 Å². The first kappa shape index (κ1) is 27.3. The highest BCUT2D eigenvalue weighted by atomic mass is 19.4. The van der Waals surface area contributed by atoms with Gasteiger partial charge in [0.1, 0.15) is 28.9 Å². The molecule has 40 heavy (non-hydrogen) atoms. The number of aromatic nitrogens is 2. The summed E-state index contributed by atoms with van der Waals surface area (Å²) < 4.78 is 84.8. The molecule has 5 rings (SSSR count). The van der Waals surface area contributed by atoms with Crippen molar-refractivity contribution >= 4 is 28.8 Å². The second-order valence-electron chi connectivity index (χ2n) is 9.64. The average Bonchev–Trinajstić information content (AvgIpc) is 3.72. The zero-order valence-electron chi connectivity index (χ0n) is 20.6. The van der Waals surface area contributed by atoms with Gasteiger partial charge in [-0.1, -0.05) is 0 Å². The standard InChI is InChI=1S/C25H22F6N6O3/c26-13-9-16(27)19(17(28)10-13)37-11-15(23(39)34-21(12-1-2-12)25(29,30)31)20(38)14-3-4-18(33-22(14)37)35-5-7-36(8-6-35)24(32)40/h3-4,9-12,21H,1-2,5-8H2,(H2,32,40)(H,34,39)/t21-/m1/s1. The second-order valence-corrected chi connectivity index (χ2v) is 9.64. The van der Waals surface area contributed by atoms with E-state index in [-0.39, 0.29) is 55.9 Å². The van der Waals surface area contributed by atoms with Gasteiger partial charge >= 0.3 is 12.2 Å². The largest absolute Gasteiger partial charge is 0.408 e.